The van der Waals surface area contributed by atoms with Gasteiger partial charge in [0.2, 0.25) is 0 Å². The van der Waals surface area contributed by atoms with Gasteiger partial charge >= 0.3 is 17.9 Å². The van der Waals surface area contributed by atoms with Crippen molar-refractivity contribution in [1.29, 1.82) is 0 Å². The van der Waals surface area contributed by atoms with E-state index in [2.05, 4.69) is 16.9 Å². The van der Waals surface area contributed by atoms with E-state index in [9.17, 15) is 19.9 Å². The van der Waals surface area contributed by atoms with E-state index in [1.165, 1.54) is 0 Å². The van der Waals surface area contributed by atoms with Gasteiger partial charge in [-0.2, -0.15) is 0 Å². The van der Waals surface area contributed by atoms with E-state index >= 15 is 0 Å². The Bertz CT molecular complexity index is 1980. The third-order valence-corrected chi connectivity index (χ3v) is 9.67. The number of azide groups is 1. The van der Waals surface area contributed by atoms with Crippen molar-refractivity contribution in [3.8, 4) is 0 Å². The lowest BCUT2D eigenvalue weighted by Gasteiger charge is -2.48. The minimum absolute atomic E-state index is 0.000681. The number of carbonyl (C=O) groups excluding carboxylic acids is 3. The molecule has 0 saturated carbocycles. The number of nitrogens with zero attached hydrogens (tertiary/aromatic N) is 3. The van der Waals surface area contributed by atoms with Crippen molar-refractivity contribution in [3.63, 3.8) is 0 Å². The second-order valence-corrected chi connectivity index (χ2v) is 13.8. The zero-order valence-corrected chi connectivity index (χ0v) is 32.2. The Morgan fingerprint density at radius 1 is 0.759 bits per heavy atom. The Labute approximate surface area is 337 Å². The predicted octanol–water partition coefficient (Wildman–Crippen LogP) is 8.72. The average Bonchev–Trinajstić information content (AvgIpc) is 3.27. The fourth-order valence-electron chi connectivity index (χ4n) is 6.64. The van der Waals surface area contributed by atoms with Gasteiger partial charge in [-0.1, -0.05) is 122 Å². The number of hydrogen-bond acceptors (Lipinski definition) is 11. The molecule has 0 aliphatic carbocycles. The molecule has 0 N–H and O–H groups in total. The molecule has 0 aromatic heterocycles. The van der Waals surface area contributed by atoms with E-state index in [4.69, 9.17) is 33.2 Å². The first kappa shape index (κ1) is 41.8. The Morgan fingerprint density at radius 2 is 1.33 bits per heavy atom. The molecular formula is C45H47N3O10. The molecule has 302 valence electrons. The van der Waals surface area contributed by atoms with Gasteiger partial charge in [0.1, 0.15) is 24.4 Å². The molecule has 2 fully saturated rings. The van der Waals surface area contributed by atoms with Crippen LogP contribution in [0.15, 0.2) is 139 Å². The van der Waals surface area contributed by atoms with Gasteiger partial charge in [-0.05, 0) is 60.8 Å². The first-order valence-corrected chi connectivity index (χ1v) is 19.5. The van der Waals surface area contributed by atoms with Crippen LogP contribution in [0.2, 0.25) is 0 Å². The quantitative estimate of drug-likeness (QED) is 0.0181. The third-order valence-electron chi connectivity index (χ3n) is 9.67. The van der Waals surface area contributed by atoms with Gasteiger partial charge in [0.25, 0.3) is 0 Å². The Morgan fingerprint density at radius 3 is 1.91 bits per heavy atom. The minimum atomic E-state index is -1.40. The maximum Gasteiger partial charge on any atom is 0.338 e. The normalized spacial score (nSPS) is 22.4. The molecule has 2 heterocycles. The van der Waals surface area contributed by atoms with Crippen LogP contribution < -0.4 is 0 Å². The molecule has 58 heavy (non-hydrogen) atoms. The molecule has 4 aromatic carbocycles. The first-order chi connectivity index (χ1) is 28.4. The standard InChI is InChI=1S/C45H47N3O10/c1-2-3-4-5-6-19-28-36(54-41(49)31-20-11-7-12-21-31)35(47-48-46)29-52-45-40(57-43(51)33-24-15-9-16-25-33)39(56-42(50)32-22-13-8-14-23-32)38-37(55-45)30-53-44(58-38)34-26-17-10-18-27-34/h7-28,35-40,44-45H,2-6,29-30H2,1H3/t35?,36?,37-,38+,39+,40-,44?,45+/m1/s1. The fraction of sp³-hybridized carbons (Fsp3) is 0.356. The highest BCUT2D eigenvalue weighted by Gasteiger charge is 2.54. The number of fused-ring (bicyclic) bond motifs is 1. The topological polar surface area (TPSA) is 165 Å². The van der Waals surface area contributed by atoms with Crippen LogP contribution in [-0.4, -0.2) is 74.0 Å². The predicted molar refractivity (Wildman–Crippen MR) is 212 cm³/mol. The number of esters is 3. The van der Waals surface area contributed by atoms with Gasteiger partial charge in [0.15, 0.2) is 24.8 Å². The summed E-state index contributed by atoms with van der Waals surface area (Å²) in [6, 6.07) is 33.3. The second kappa shape index (κ2) is 21.6. The van der Waals surface area contributed by atoms with Gasteiger partial charge in [-0.25, -0.2) is 14.4 Å². The summed E-state index contributed by atoms with van der Waals surface area (Å²) in [6.45, 7) is 1.78. The van der Waals surface area contributed by atoms with Crippen LogP contribution in [0.25, 0.3) is 10.4 Å². The lowest BCUT2D eigenvalue weighted by Crippen LogP contribution is -2.64. The number of carbonyl (C=O) groups is 3. The molecule has 8 atom stereocenters. The Balaban J connectivity index is 1.31. The zero-order chi connectivity index (χ0) is 40.5. The summed E-state index contributed by atoms with van der Waals surface area (Å²) in [7, 11) is 0. The number of ether oxygens (including phenoxy) is 7. The molecule has 2 saturated heterocycles. The van der Waals surface area contributed by atoms with Crippen molar-refractivity contribution < 1.29 is 47.5 Å². The van der Waals surface area contributed by atoms with Crippen LogP contribution >= 0.6 is 0 Å². The summed E-state index contributed by atoms with van der Waals surface area (Å²) in [4.78, 5) is 43.9. The molecule has 0 bridgehead atoms. The number of benzene rings is 4. The molecular weight excluding hydrogens is 743 g/mol. The Kier molecular flexibility index (Phi) is 15.6. The number of rotatable bonds is 18. The van der Waals surface area contributed by atoms with Crippen molar-refractivity contribution in [2.75, 3.05) is 13.2 Å². The smallest absolute Gasteiger partial charge is 0.338 e. The number of unbranched alkanes of at least 4 members (excludes halogenated alkanes) is 4. The maximum atomic E-state index is 13.8. The number of allylic oxidation sites excluding steroid dienone is 1. The van der Waals surface area contributed by atoms with E-state index in [0.717, 1.165) is 31.2 Å². The molecule has 0 radical (unpaired) electrons. The summed E-state index contributed by atoms with van der Waals surface area (Å²) < 4.78 is 43.6. The summed E-state index contributed by atoms with van der Waals surface area (Å²) in [5.41, 5.74) is 11.2. The molecule has 0 amide bonds. The van der Waals surface area contributed by atoms with Crippen molar-refractivity contribution in [3.05, 3.63) is 166 Å². The highest BCUT2D eigenvalue weighted by molar-refractivity contribution is 5.90. The van der Waals surface area contributed by atoms with E-state index in [0.29, 0.717) is 12.0 Å². The maximum absolute atomic E-state index is 13.8. The van der Waals surface area contributed by atoms with Gasteiger partial charge in [-0.3, -0.25) is 0 Å². The fourth-order valence-corrected chi connectivity index (χ4v) is 6.64. The third kappa shape index (κ3) is 11.4. The van der Waals surface area contributed by atoms with E-state index in [-0.39, 0.29) is 24.3 Å². The summed E-state index contributed by atoms with van der Waals surface area (Å²) in [5.74, 6) is -2.05. The van der Waals surface area contributed by atoms with Crippen LogP contribution in [0.5, 0.6) is 0 Å². The summed E-state index contributed by atoms with van der Waals surface area (Å²) in [6.07, 6.45) is 0.635. The van der Waals surface area contributed by atoms with Crippen molar-refractivity contribution in [1.82, 2.24) is 0 Å². The lowest BCUT2D eigenvalue weighted by atomic mass is 9.96. The van der Waals surface area contributed by atoms with E-state index < -0.39 is 67.0 Å². The Hall–Kier alpha value is -5.82. The molecule has 2 aliphatic rings. The summed E-state index contributed by atoms with van der Waals surface area (Å²) >= 11 is 0. The van der Waals surface area contributed by atoms with E-state index in [1.54, 1.807) is 97.1 Å². The highest BCUT2D eigenvalue weighted by atomic mass is 16.8. The van der Waals surface area contributed by atoms with Crippen LogP contribution in [0, 0.1) is 0 Å². The van der Waals surface area contributed by atoms with Gasteiger partial charge in [-0.15, -0.1) is 0 Å². The van der Waals surface area contributed by atoms with Gasteiger partial charge in [0.05, 0.1) is 29.9 Å². The van der Waals surface area contributed by atoms with E-state index in [1.807, 2.05) is 36.4 Å². The SMILES string of the molecule is CCCCCCC=CC(OC(=O)c1ccccc1)C(CO[C@H]1O[C@@H]2COC(c3ccccc3)O[C@@H]2[C@H](OC(=O)c2ccccc2)[C@H]1OC(=O)c1ccccc1)N=[N+]=[N-]. The highest BCUT2D eigenvalue weighted by Crippen LogP contribution is 2.37. The van der Waals surface area contributed by atoms with Crippen molar-refractivity contribution in [2.24, 2.45) is 5.11 Å². The van der Waals surface area contributed by atoms with Crippen LogP contribution in [0.4, 0.5) is 0 Å². The minimum Gasteiger partial charge on any atom is -0.454 e. The molecule has 13 nitrogen and oxygen atoms in total. The molecule has 0 spiro atoms. The first-order valence-electron chi connectivity index (χ1n) is 19.5. The van der Waals surface area contributed by atoms with Crippen molar-refractivity contribution in [2.45, 2.75) is 88.2 Å². The molecule has 4 aromatic rings. The number of hydrogen-bond donors (Lipinski definition) is 0. The van der Waals surface area contributed by atoms with Gasteiger partial charge in [0, 0.05) is 10.5 Å². The lowest BCUT2D eigenvalue weighted by molar-refractivity contribution is -0.360. The zero-order valence-electron chi connectivity index (χ0n) is 32.2. The van der Waals surface area contributed by atoms with Crippen LogP contribution in [-0.2, 0) is 33.2 Å². The molecule has 6 rings (SSSR count). The largest absolute Gasteiger partial charge is 0.454 e. The molecule has 13 heteroatoms. The average molecular weight is 790 g/mol. The van der Waals surface area contributed by atoms with Crippen LogP contribution in [0.3, 0.4) is 0 Å². The summed E-state index contributed by atoms with van der Waals surface area (Å²) in [5, 5.41) is 3.98. The molecule has 2 aliphatic heterocycles. The molecule has 3 unspecified atom stereocenters. The van der Waals surface area contributed by atoms with Gasteiger partial charge < -0.3 is 33.2 Å². The van der Waals surface area contributed by atoms with Crippen molar-refractivity contribution >= 4 is 17.9 Å². The van der Waals surface area contributed by atoms with Crippen LogP contribution in [0.1, 0.15) is 82.0 Å². The monoisotopic (exact) mass is 789 g/mol. The second-order valence-electron chi connectivity index (χ2n) is 13.8.